The highest BCUT2D eigenvalue weighted by Crippen LogP contribution is 2.18. The molecular weight excluding hydrogens is 202 g/mol. The van der Waals surface area contributed by atoms with Crippen molar-refractivity contribution < 1.29 is 5.11 Å². The van der Waals surface area contributed by atoms with Crippen LogP contribution in [0.1, 0.15) is 30.3 Å². The number of anilines is 1. The largest absolute Gasteiger partial charge is 0.393 e. The molecule has 1 aromatic heterocycles. The Morgan fingerprint density at radius 1 is 1.56 bits per heavy atom. The molecule has 1 aromatic rings. The maximum atomic E-state index is 9.15. The van der Waals surface area contributed by atoms with Gasteiger partial charge in [0.2, 0.25) is 0 Å². The summed E-state index contributed by atoms with van der Waals surface area (Å²) in [6, 6.07) is 4.00. The predicted octanol–water partition coefficient (Wildman–Crippen LogP) is 1.75. The average Bonchev–Trinajstić information content (AvgIpc) is 2.16. The molecule has 0 aliphatic carbocycles. The lowest BCUT2D eigenvalue weighted by molar-refractivity contribution is 0.189. The molecule has 0 bridgehead atoms. The molecule has 4 nitrogen and oxygen atoms in total. The Morgan fingerprint density at radius 2 is 2.25 bits per heavy atom. The third-order valence-electron chi connectivity index (χ3n) is 2.32. The van der Waals surface area contributed by atoms with E-state index in [1.165, 1.54) is 0 Å². The molecule has 0 fully saturated rings. The van der Waals surface area contributed by atoms with Crippen LogP contribution < -0.4 is 5.32 Å². The standard InChI is InChI=1S/C12H17N3O/c1-8-6-12(14-5-4-9(2)16)11(7-13)10(3)15-8/h6,9,16H,4-5H2,1-3H3,(H,14,15). The third kappa shape index (κ3) is 3.21. The maximum Gasteiger partial charge on any atom is 0.103 e. The number of rotatable bonds is 4. The third-order valence-corrected chi connectivity index (χ3v) is 2.32. The summed E-state index contributed by atoms with van der Waals surface area (Å²) in [6.07, 6.45) is 0.327. The summed E-state index contributed by atoms with van der Waals surface area (Å²) in [4.78, 5) is 4.24. The lowest BCUT2D eigenvalue weighted by Gasteiger charge is -2.11. The van der Waals surface area contributed by atoms with Gasteiger partial charge in [0.05, 0.1) is 23.0 Å². The van der Waals surface area contributed by atoms with Gasteiger partial charge < -0.3 is 10.4 Å². The van der Waals surface area contributed by atoms with E-state index in [-0.39, 0.29) is 6.10 Å². The van der Waals surface area contributed by atoms with Gasteiger partial charge in [-0.1, -0.05) is 0 Å². The van der Waals surface area contributed by atoms with Gasteiger partial charge in [-0.25, -0.2) is 0 Å². The van der Waals surface area contributed by atoms with Crippen molar-refractivity contribution in [3.05, 3.63) is 23.0 Å². The molecule has 1 heterocycles. The molecule has 16 heavy (non-hydrogen) atoms. The van der Waals surface area contributed by atoms with Gasteiger partial charge in [0.15, 0.2) is 0 Å². The molecule has 1 unspecified atom stereocenters. The van der Waals surface area contributed by atoms with Crippen LogP contribution in [0.15, 0.2) is 6.07 Å². The fourth-order valence-electron chi connectivity index (χ4n) is 1.52. The molecule has 2 N–H and O–H groups in total. The zero-order chi connectivity index (χ0) is 12.1. The molecule has 4 heteroatoms. The van der Waals surface area contributed by atoms with Crippen LogP contribution in [0.2, 0.25) is 0 Å². The Kier molecular flexibility index (Phi) is 4.27. The van der Waals surface area contributed by atoms with Crippen molar-refractivity contribution in [1.82, 2.24) is 4.98 Å². The highest BCUT2D eigenvalue weighted by Gasteiger charge is 2.07. The predicted molar refractivity (Wildman–Crippen MR) is 63.2 cm³/mol. The maximum absolute atomic E-state index is 9.15. The number of aliphatic hydroxyl groups excluding tert-OH is 1. The van der Waals surface area contributed by atoms with Crippen LogP contribution in [0.4, 0.5) is 5.69 Å². The first-order valence-electron chi connectivity index (χ1n) is 5.35. The summed E-state index contributed by atoms with van der Waals surface area (Å²) in [5.74, 6) is 0. The van der Waals surface area contributed by atoms with Gasteiger partial charge in [-0.05, 0) is 33.3 Å². The van der Waals surface area contributed by atoms with Crippen LogP contribution in [-0.4, -0.2) is 22.7 Å². The van der Waals surface area contributed by atoms with Gasteiger partial charge >= 0.3 is 0 Å². The normalized spacial score (nSPS) is 11.9. The summed E-state index contributed by atoms with van der Waals surface area (Å²) in [7, 11) is 0. The minimum absolute atomic E-state index is 0.331. The van der Waals surface area contributed by atoms with Crippen LogP contribution >= 0.6 is 0 Å². The molecule has 0 saturated carbocycles. The molecule has 0 aliphatic rings. The number of hydrogen-bond acceptors (Lipinski definition) is 4. The summed E-state index contributed by atoms with van der Waals surface area (Å²) in [5, 5.41) is 21.3. The monoisotopic (exact) mass is 219 g/mol. The fraction of sp³-hybridized carbons (Fsp3) is 0.500. The van der Waals surface area contributed by atoms with Crippen LogP contribution in [0.5, 0.6) is 0 Å². The topological polar surface area (TPSA) is 68.9 Å². The van der Waals surface area contributed by atoms with Gasteiger partial charge in [0.25, 0.3) is 0 Å². The highest BCUT2D eigenvalue weighted by molar-refractivity contribution is 5.59. The van der Waals surface area contributed by atoms with Crippen molar-refractivity contribution in [1.29, 1.82) is 5.26 Å². The van der Waals surface area contributed by atoms with E-state index in [0.717, 1.165) is 17.1 Å². The fourth-order valence-corrected chi connectivity index (χ4v) is 1.52. The molecule has 0 aromatic carbocycles. The van der Waals surface area contributed by atoms with Crippen molar-refractivity contribution in [3.63, 3.8) is 0 Å². The van der Waals surface area contributed by atoms with Gasteiger partial charge in [-0.15, -0.1) is 0 Å². The Labute approximate surface area is 95.9 Å². The van der Waals surface area contributed by atoms with E-state index in [1.807, 2.05) is 19.9 Å². The Balaban J connectivity index is 2.82. The Morgan fingerprint density at radius 3 is 2.81 bits per heavy atom. The number of nitrogens with one attached hydrogen (secondary N) is 1. The van der Waals surface area contributed by atoms with E-state index in [1.54, 1.807) is 6.92 Å². The smallest absolute Gasteiger partial charge is 0.103 e. The van der Waals surface area contributed by atoms with Gasteiger partial charge in [-0.3, -0.25) is 4.98 Å². The minimum atomic E-state index is -0.331. The molecule has 0 radical (unpaired) electrons. The lowest BCUT2D eigenvalue weighted by atomic mass is 10.1. The zero-order valence-corrected chi connectivity index (χ0v) is 9.91. The minimum Gasteiger partial charge on any atom is -0.393 e. The second kappa shape index (κ2) is 5.47. The lowest BCUT2D eigenvalue weighted by Crippen LogP contribution is -2.11. The number of aryl methyl sites for hydroxylation is 2. The van der Waals surface area contributed by atoms with Crippen molar-refractivity contribution in [2.45, 2.75) is 33.3 Å². The molecular formula is C12H17N3O. The molecule has 0 saturated heterocycles. The second-order valence-corrected chi connectivity index (χ2v) is 3.95. The van der Waals surface area contributed by atoms with Crippen LogP contribution in [0.25, 0.3) is 0 Å². The first-order valence-corrected chi connectivity index (χ1v) is 5.35. The van der Waals surface area contributed by atoms with Crippen LogP contribution in [-0.2, 0) is 0 Å². The number of nitrogens with zero attached hydrogens (tertiary/aromatic N) is 2. The Hall–Kier alpha value is -1.60. The molecule has 1 atom stereocenters. The van der Waals surface area contributed by atoms with E-state index >= 15 is 0 Å². The van der Waals surface area contributed by atoms with E-state index in [4.69, 9.17) is 10.4 Å². The summed E-state index contributed by atoms with van der Waals surface area (Å²) < 4.78 is 0. The number of pyridine rings is 1. The quantitative estimate of drug-likeness (QED) is 0.809. The highest BCUT2D eigenvalue weighted by atomic mass is 16.3. The van der Waals surface area contributed by atoms with Crippen LogP contribution in [0, 0.1) is 25.2 Å². The van der Waals surface area contributed by atoms with Gasteiger partial charge in [0.1, 0.15) is 6.07 Å². The van der Waals surface area contributed by atoms with Crippen molar-refractivity contribution in [3.8, 4) is 6.07 Å². The average molecular weight is 219 g/mol. The molecule has 86 valence electrons. The molecule has 0 aliphatic heterocycles. The molecule has 0 amide bonds. The van der Waals surface area contributed by atoms with Crippen molar-refractivity contribution >= 4 is 5.69 Å². The summed E-state index contributed by atoms with van der Waals surface area (Å²) >= 11 is 0. The first kappa shape index (κ1) is 12.5. The Bertz CT molecular complexity index is 407. The molecule has 0 spiro atoms. The zero-order valence-electron chi connectivity index (χ0n) is 9.91. The summed E-state index contributed by atoms with van der Waals surface area (Å²) in [5.41, 5.74) is 3.00. The van der Waals surface area contributed by atoms with Gasteiger partial charge in [-0.2, -0.15) is 5.26 Å². The van der Waals surface area contributed by atoms with Crippen molar-refractivity contribution in [2.75, 3.05) is 11.9 Å². The van der Waals surface area contributed by atoms with Gasteiger partial charge in [0, 0.05) is 12.2 Å². The van der Waals surface area contributed by atoms with E-state index in [2.05, 4.69) is 16.4 Å². The number of hydrogen-bond donors (Lipinski definition) is 2. The van der Waals surface area contributed by atoms with Crippen molar-refractivity contribution in [2.24, 2.45) is 0 Å². The first-order chi connectivity index (χ1) is 7.54. The SMILES string of the molecule is Cc1cc(NCCC(C)O)c(C#N)c(C)n1. The summed E-state index contributed by atoms with van der Waals surface area (Å²) in [6.45, 7) is 6.12. The van der Waals surface area contributed by atoms with Crippen LogP contribution in [0.3, 0.4) is 0 Å². The van der Waals surface area contributed by atoms with E-state index in [9.17, 15) is 0 Å². The van der Waals surface area contributed by atoms with E-state index in [0.29, 0.717) is 18.5 Å². The number of nitriles is 1. The number of aromatic nitrogens is 1. The van der Waals surface area contributed by atoms with E-state index < -0.39 is 0 Å². The molecule has 1 rings (SSSR count). The second-order valence-electron chi connectivity index (χ2n) is 3.95. The number of aliphatic hydroxyl groups is 1.